The molecule has 0 saturated carbocycles. The van der Waals surface area contributed by atoms with Crippen molar-refractivity contribution in [3.05, 3.63) is 65.3 Å². The van der Waals surface area contributed by atoms with Crippen molar-refractivity contribution in [3.63, 3.8) is 0 Å². The number of nitrogens with one attached hydrogen (secondary N) is 3. The number of fused-ring (bicyclic) bond motifs is 1. The highest BCUT2D eigenvalue weighted by atomic mass is 79.9. The van der Waals surface area contributed by atoms with Gasteiger partial charge in [0, 0.05) is 50.5 Å². The van der Waals surface area contributed by atoms with Crippen LogP contribution in [0.3, 0.4) is 0 Å². The molecular weight excluding hydrogens is 645 g/mol. The normalized spacial score (nSPS) is 17.0. The zero-order valence-corrected chi connectivity index (χ0v) is 27.5. The van der Waals surface area contributed by atoms with Crippen LogP contribution in [0.2, 0.25) is 0 Å². The van der Waals surface area contributed by atoms with E-state index < -0.39 is 12.7 Å². The van der Waals surface area contributed by atoms with E-state index in [1.54, 1.807) is 43.7 Å². The Morgan fingerprint density at radius 1 is 1.11 bits per heavy atom. The van der Waals surface area contributed by atoms with Crippen molar-refractivity contribution in [1.82, 2.24) is 35.0 Å². The van der Waals surface area contributed by atoms with Crippen LogP contribution in [0.1, 0.15) is 12.5 Å². The summed E-state index contributed by atoms with van der Waals surface area (Å²) in [5.74, 6) is 1.43. The topological polar surface area (TPSA) is 141 Å². The quantitative estimate of drug-likeness (QED) is 0.188. The minimum atomic E-state index is -2.76. The SMILES string of the molecule is COc1cc([C@@]2(C)CNCCO2)c(-c2cnn(C)c2)cc1Nc1ncc(Br)c(Nc2ccc3nccnc3c2P(C)(C)=O)n1. The van der Waals surface area contributed by atoms with Gasteiger partial charge in [0.1, 0.15) is 29.8 Å². The second-order valence-corrected chi connectivity index (χ2v) is 15.1. The molecule has 3 aromatic heterocycles. The lowest BCUT2D eigenvalue weighted by atomic mass is 9.87. The third-order valence-electron chi connectivity index (χ3n) is 7.48. The number of morpholine rings is 1. The van der Waals surface area contributed by atoms with Crippen molar-refractivity contribution >= 4 is 62.6 Å². The summed E-state index contributed by atoms with van der Waals surface area (Å²) in [6.45, 7) is 7.57. The summed E-state index contributed by atoms with van der Waals surface area (Å²) in [6, 6.07) is 7.70. The number of hydrogen-bond acceptors (Lipinski definition) is 11. The molecule has 1 aliphatic rings. The van der Waals surface area contributed by atoms with Gasteiger partial charge in [-0.15, -0.1) is 0 Å². The molecule has 0 unspecified atom stereocenters. The van der Waals surface area contributed by atoms with Gasteiger partial charge in [-0.3, -0.25) is 14.6 Å². The van der Waals surface area contributed by atoms with Crippen LogP contribution >= 0.6 is 23.1 Å². The summed E-state index contributed by atoms with van der Waals surface area (Å²) in [6.07, 6.45) is 8.68. The molecule has 0 spiro atoms. The van der Waals surface area contributed by atoms with Crippen LogP contribution in [0.5, 0.6) is 5.75 Å². The van der Waals surface area contributed by atoms with Crippen LogP contribution in [0.4, 0.5) is 23.1 Å². The Labute approximate surface area is 263 Å². The number of hydrogen-bond donors (Lipinski definition) is 3. The van der Waals surface area contributed by atoms with Crippen LogP contribution in [-0.2, 0) is 22.0 Å². The van der Waals surface area contributed by atoms with Crippen LogP contribution in [0.25, 0.3) is 22.2 Å². The Hall–Kier alpha value is -3.90. The third kappa shape index (κ3) is 5.92. The molecule has 1 atom stereocenters. The Bertz CT molecular complexity index is 1900. The zero-order valence-electron chi connectivity index (χ0n) is 25.1. The highest BCUT2D eigenvalue weighted by molar-refractivity contribution is 9.10. The van der Waals surface area contributed by atoms with Crippen LogP contribution in [0.15, 0.2) is 59.7 Å². The van der Waals surface area contributed by atoms with Crippen LogP contribution < -0.4 is 26.0 Å². The van der Waals surface area contributed by atoms with Crippen molar-refractivity contribution in [1.29, 1.82) is 0 Å². The fourth-order valence-corrected chi connectivity index (χ4v) is 7.10. The van der Waals surface area contributed by atoms with Crippen molar-refractivity contribution in [2.75, 3.05) is 50.8 Å². The number of aromatic nitrogens is 6. The summed E-state index contributed by atoms with van der Waals surface area (Å²) in [5.41, 5.74) is 4.87. The molecule has 0 bridgehead atoms. The molecule has 44 heavy (non-hydrogen) atoms. The first-order valence-corrected chi connectivity index (χ1v) is 17.4. The van der Waals surface area contributed by atoms with E-state index in [1.165, 1.54) is 0 Å². The summed E-state index contributed by atoms with van der Waals surface area (Å²) in [4.78, 5) is 18.1. The monoisotopic (exact) mass is 677 g/mol. The Morgan fingerprint density at radius 3 is 2.64 bits per heavy atom. The van der Waals surface area contributed by atoms with E-state index in [2.05, 4.69) is 58.9 Å². The smallest absolute Gasteiger partial charge is 0.229 e. The summed E-state index contributed by atoms with van der Waals surface area (Å²) < 4.78 is 28.0. The van der Waals surface area contributed by atoms with Gasteiger partial charge < -0.3 is 30.0 Å². The first-order valence-electron chi connectivity index (χ1n) is 14.0. The summed E-state index contributed by atoms with van der Waals surface area (Å²) >= 11 is 3.56. The zero-order chi connectivity index (χ0) is 31.1. The maximum atomic E-state index is 13.4. The predicted octanol–water partition coefficient (Wildman–Crippen LogP) is 5.16. The number of anilines is 4. The minimum Gasteiger partial charge on any atom is -0.495 e. The Morgan fingerprint density at radius 2 is 1.93 bits per heavy atom. The van der Waals surface area contributed by atoms with Gasteiger partial charge in [0.05, 0.1) is 46.6 Å². The number of rotatable bonds is 8. The number of nitrogens with zero attached hydrogens (tertiary/aromatic N) is 6. The lowest BCUT2D eigenvalue weighted by molar-refractivity contribution is -0.0569. The second-order valence-electron chi connectivity index (χ2n) is 11.1. The number of aryl methyl sites for hydroxylation is 1. The van der Waals surface area contributed by atoms with E-state index in [0.29, 0.717) is 62.9 Å². The van der Waals surface area contributed by atoms with Crippen molar-refractivity contribution < 1.29 is 14.0 Å². The van der Waals surface area contributed by atoms with Gasteiger partial charge in [0.2, 0.25) is 5.95 Å². The maximum Gasteiger partial charge on any atom is 0.229 e. The highest BCUT2D eigenvalue weighted by Crippen LogP contribution is 2.43. The van der Waals surface area contributed by atoms with Gasteiger partial charge in [0.15, 0.2) is 0 Å². The standard InChI is InChI=1S/C30H33BrN9O3P/c1-30(17-32-10-11-43-30)20-13-25(42-3)24(12-19(20)18-14-36-40(2)16-18)38-29-35-15-21(31)28(39-29)37-23-7-6-22-26(34-9-8-33-22)27(23)44(4,5)41/h6-9,12-16,32H,10-11,17H2,1-5H3,(H2,35,37,38,39)/t30-/m1/s1. The molecule has 1 saturated heterocycles. The van der Waals surface area contributed by atoms with Gasteiger partial charge in [0.25, 0.3) is 0 Å². The molecule has 4 heterocycles. The molecular formula is C30H33BrN9O3P. The predicted molar refractivity (Wildman–Crippen MR) is 176 cm³/mol. The number of halogens is 1. The Balaban J connectivity index is 1.40. The van der Waals surface area contributed by atoms with Gasteiger partial charge in [-0.1, -0.05) is 0 Å². The first kappa shape index (κ1) is 30.1. The molecule has 0 amide bonds. The van der Waals surface area contributed by atoms with Crippen LogP contribution in [0, 0.1) is 0 Å². The average molecular weight is 679 g/mol. The highest BCUT2D eigenvalue weighted by Gasteiger charge is 2.34. The van der Waals surface area contributed by atoms with E-state index in [0.717, 1.165) is 23.2 Å². The van der Waals surface area contributed by atoms with Crippen molar-refractivity contribution in [3.8, 4) is 16.9 Å². The summed E-state index contributed by atoms with van der Waals surface area (Å²) in [7, 11) is 0.754. The lowest BCUT2D eigenvalue weighted by Gasteiger charge is -2.36. The first-order chi connectivity index (χ1) is 21.1. The third-order valence-corrected chi connectivity index (χ3v) is 9.59. The molecule has 0 aliphatic carbocycles. The fourth-order valence-electron chi connectivity index (χ4n) is 5.41. The molecule has 2 aromatic carbocycles. The Kier molecular flexibility index (Phi) is 8.14. The molecule has 14 heteroatoms. The van der Waals surface area contributed by atoms with Gasteiger partial charge >= 0.3 is 0 Å². The second kappa shape index (κ2) is 11.9. The van der Waals surface area contributed by atoms with E-state index in [9.17, 15) is 4.57 Å². The fraction of sp³-hybridized carbons (Fsp3) is 0.300. The molecule has 12 nitrogen and oxygen atoms in total. The molecule has 1 fully saturated rings. The molecule has 1 aliphatic heterocycles. The van der Waals surface area contributed by atoms with E-state index in [4.69, 9.17) is 14.5 Å². The molecule has 0 radical (unpaired) electrons. The number of methoxy groups -OCH3 is 1. The van der Waals surface area contributed by atoms with E-state index in [-0.39, 0.29) is 0 Å². The van der Waals surface area contributed by atoms with Gasteiger partial charge in [-0.05, 0) is 71.6 Å². The van der Waals surface area contributed by atoms with Crippen molar-refractivity contribution in [2.45, 2.75) is 12.5 Å². The lowest BCUT2D eigenvalue weighted by Crippen LogP contribution is -2.45. The maximum absolute atomic E-state index is 13.4. The molecule has 6 rings (SSSR count). The molecule has 3 N–H and O–H groups in total. The summed E-state index contributed by atoms with van der Waals surface area (Å²) in [5, 5.41) is 15.1. The molecule has 228 valence electrons. The van der Waals surface area contributed by atoms with Crippen LogP contribution in [-0.4, -0.2) is 69.9 Å². The number of ether oxygens (including phenoxy) is 2. The average Bonchev–Trinajstić information content (AvgIpc) is 3.44. The molecule has 5 aromatic rings. The number of benzene rings is 2. The van der Waals surface area contributed by atoms with Crippen molar-refractivity contribution in [2.24, 2.45) is 7.05 Å². The largest absolute Gasteiger partial charge is 0.495 e. The van der Waals surface area contributed by atoms with E-state index in [1.807, 2.05) is 43.7 Å². The van der Waals surface area contributed by atoms with Gasteiger partial charge in [-0.2, -0.15) is 10.1 Å². The van der Waals surface area contributed by atoms with Gasteiger partial charge in [-0.25, -0.2) is 4.98 Å². The van der Waals surface area contributed by atoms with E-state index >= 15 is 0 Å². The minimum absolute atomic E-state index is 0.332.